The van der Waals surface area contributed by atoms with Crippen molar-refractivity contribution in [1.82, 2.24) is 9.97 Å². The summed E-state index contributed by atoms with van der Waals surface area (Å²) in [5, 5.41) is 21.6. The molecule has 2 N–H and O–H groups in total. The Labute approximate surface area is 358 Å². The number of nitrogens with zero attached hydrogens (tertiary/aromatic N) is 2. The van der Waals surface area contributed by atoms with E-state index in [1.165, 1.54) is 73.6 Å². The third kappa shape index (κ3) is 8.15. The van der Waals surface area contributed by atoms with Crippen molar-refractivity contribution in [3.05, 3.63) is 155 Å². The molecule has 0 aliphatic heterocycles. The van der Waals surface area contributed by atoms with Crippen LogP contribution in [0.1, 0.15) is 111 Å². The first-order valence-corrected chi connectivity index (χ1v) is 22.0. The minimum absolute atomic E-state index is 0.100. The molecule has 0 amide bonds. The number of aromatic nitrogens is 2. The van der Waals surface area contributed by atoms with Crippen LogP contribution in [0, 0.1) is 0 Å². The Kier molecular flexibility index (Phi) is 11.4. The van der Waals surface area contributed by atoms with Gasteiger partial charge in [-0.2, -0.15) is 0 Å². The van der Waals surface area contributed by atoms with Crippen LogP contribution in [0.2, 0.25) is 0 Å². The summed E-state index contributed by atoms with van der Waals surface area (Å²) in [6.07, 6.45) is 20.5. The molecule has 0 bridgehead atoms. The van der Waals surface area contributed by atoms with E-state index in [0.29, 0.717) is 34.1 Å². The molecule has 6 nitrogen and oxygen atoms in total. The second-order valence-corrected chi connectivity index (χ2v) is 16.5. The molecule has 0 atom stereocenters. The molecule has 0 spiro atoms. The van der Waals surface area contributed by atoms with E-state index in [9.17, 15) is 10.2 Å². The molecule has 0 saturated carbocycles. The van der Waals surface area contributed by atoms with E-state index in [4.69, 9.17) is 8.83 Å². The van der Waals surface area contributed by atoms with Gasteiger partial charge in [-0.05, 0) is 106 Å². The zero-order chi connectivity index (χ0) is 41.8. The third-order valence-electron chi connectivity index (χ3n) is 12.3. The van der Waals surface area contributed by atoms with Gasteiger partial charge < -0.3 is 19.0 Å². The molecule has 1 aliphatic carbocycles. The molecule has 2 heterocycles. The zero-order valence-corrected chi connectivity index (χ0v) is 35.0. The maximum Gasteiger partial charge on any atom is 0.231 e. The molecule has 1 aliphatic rings. The molecule has 0 unspecified atom stereocenters. The molecule has 6 heteroatoms. The maximum atomic E-state index is 10.8. The van der Waals surface area contributed by atoms with Gasteiger partial charge >= 0.3 is 0 Å². The fourth-order valence-electron chi connectivity index (χ4n) is 9.13. The predicted octanol–water partition coefficient (Wildman–Crippen LogP) is 15.3. The van der Waals surface area contributed by atoms with E-state index < -0.39 is 0 Å². The number of aromatic hydroxyl groups is 2. The van der Waals surface area contributed by atoms with Gasteiger partial charge in [0.05, 0.1) is 11.1 Å². The quantitative estimate of drug-likeness (QED) is 0.0746. The number of benzene rings is 6. The Morgan fingerprint density at radius 3 is 1.30 bits per heavy atom. The van der Waals surface area contributed by atoms with Gasteiger partial charge in [0.1, 0.15) is 22.5 Å². The summed E-state index contributed by atoms with van der Waals surface area (Å²) in [6, 6.07) is 40.5. The normalized spacial score (nSPS) is 13.2. The number of rotatable bonds is 16. The molecule has 0 radical (unpaired) electrons. The fraction of sp³-hybridized carbons (Fsp3) is 0.236. The Morgan fingerprint density at radius 1 is 0.459 bits per heavy atom. The van der Waals surface area contributed by atoms with E-state index in [2.05, 4.69) is 84.5 Å². The van der Waals surface area contributed by atoms with Crippen molar-refractivity contribution in [2.24, 2.45) is 0 Å². The molecule has 2 aromatic heterocycles. The lowest BCUT2D eigenvalue weighted by Crippen LogP contribution is -2.25. The Hall–Kier alpha value is -6.66. The summed E-state index contributed by atoms with van der Waals surface area (Å²) in [5.41, 5.74) is 13.7. The van der Waals surface area contributed by atoms with Crippen LogP contribution < -0.4 is 0 Å². The minimum atomic E-state index is -0.100. The van der Waals surface area contributed by atoms with E-state index in [1.54, 1.807) is 12.1 Å². The smallest absolute Gasteiger partial charge is 0.231 e. The lowest BCUT2D eigenvalue weighted by atomic mass is 9.70. The van der Waals surface area contributed by atoms with E-state index in [1.807, 2.05) is 72.8 Å². The number of hydrogen-bond acceptors (Lipinski definition) is 6. The Bertz CT molecular complexity index is 2630. The standard InChI is InChI=1S/C55H52N2O4/c1-3-5-7-13-31-55(32-14-8-6-4-2)45-35-39(21-19-37-25-29-49(58)43(33-37)53-56-47-15-9-11-17-51(47)60-53)23-27-41(45)42-28-24-40(36-46(42)55)22-20-38-26-30-50(59)44(34-38)54-57-48-16-10-12-18-52(48)61-54/h9-12,15-30,33-36,58-59H,3-8,13-14,31-32H2,1-2H3/b21-19+,22-20+. The summed E-state index contributed by atoms with van der Waals surface area (Å²) in [5.74, 6) is 1.08. The lowest BCUT2D eigenvalue weighted by Gasteiger charge is -2.33. The van der Waals surface area contributed by atoms with Gasteiger partial charge in [0.15, 0.2) is 11.2 Å². The van der Waals surface area contributed by atoms with Gasteiger partial charge in [-0.25, -0.2) is 9.97 Å². The first-order valence-electron chi connectivity index (χ1n) is 22.0. The summed E-state index contributed by atoms with van der Waals surface area (Å²) < 4.78 is 12.0. The Balaban J connectivity index is 1.05. The summed E-state index contributed by atoms with van der Waals surface area (Å²) in [7, 11) is 0. The monoisotopic (exact) mass is 804 g/mol. The summed E-state index contributed by atoms with van der Waals surface area (Å²) in [4.78, 5) is 9.28. The van der Waals surface area contributed by atoms with Crippen molar-refractivity contribution in [2.75, 3.05) is 0 Å². The molecule has 6 aromatic carbocycles. The SMILES string of the molecule is CCCCCCC1(CCCCCC)c2cc(/C=C/c3ccc(O)c(-c4nc5ccccc5o4)c3)ccc2-c2ccc(/C=C/c3ccc(O)c(-c4nc5ccccc5o4)c3)cc21. The first-order chi connectivity index (χ1) is 29.9. The second kappa shape index (κ2) is 17.5. The van der Waals surface area contributed by atoms with Gasteiger partial charge in [-0.1, -0.05) is 162 Å². The number of para-hydroxylation sites is 4. The van der Waals surface area contributed by atoms with Gasteiger partial charge in [-0.3, -0.25) is 0 Å². The van der Waals surface area contributed by atoms with Crippen LogP contribution in [0.15, 0.2) is 130 Å². The van der Waals surface area contributed by atoms with E-state index >= 15 is 0 Å². The first kappa shape index (κ1) is 39.8. The van der Waals surface area contributed by atoms with Crippen molar-refractivity contribution < 1.29 is 19.0 Å². The van der Waals surface area contributed by atoms with Gasteiger partial charge in [0.25, 0.3) is 0 Å². The number of unbranched alkanes of at least 4 members (excludes halogenated alkanes) is 6. The maximum absolute atomic E-state index is 10.8. The number of phenolic OH excluding ortho intramolecular Hbond substituents is 2. The molecule has 9 rings (SSSR count). The van der Waals surface area contributed by atoms with Crippen LogP contribution in [0.5, 0.6) is 11.5 Å². The number of phenols is 2. The minimum Gasteiger partial charge on any atom is -0.507 e. The highest BCUT2D eigenvalue weighted by Gasteiger charge is 2.42. The van der Waals surface area contributed by atoms with Crippen LogP contribution in [0.3, 0.4) is 0 Å². The molecular formula is C55H52N2O4. The predicted molar refractivity (Wildman–Crippen MR) is 250 cm³/mol. The van der Waals surface area contributed by atoms with Gasteiger partial charge in [-0.15, -0.1) is 0 Å². The molecule has 8 aromatic rings. The van der Waals surface area contributed by atoms with Crippen LogP contribution in [0.4, 0.5) is 0 Å². The summed E-state index contributed by atoms with van der Waals surface area (Å²) in [6.45, 7) is 4.57. The van der Waals surface area contributed by atoms with Crippen LogP contribution in [-0.4, -0.2) is 20.2 Å². The fourth-order valence-corrected chi connectivity index (χ4v) is 9.13. The van der Waals surface area contributed by atoms with Crippen LogP contribution in [0.25, 0.3) is 80.5 Å². The third-order valence-corrected chi connectivity index (χ3v) is 12.3. The largest absolute Gasteiger partial charge is 0.507 e. The number of oxazole rings is 2. The zero-order valence-electron chi connectivity index (χ0n) is 35.0. The highest BCUT2D eigenvalue weighted by molar-refractivity contribution is 5.86. The lowest BCUT2D eigenvalue weighted by molar-refractivity contribution is 0.401. The van der Waals surface area contributed by atoms with Gasteiger partial charge in [0, 0.05) is 5.41 Å². The van der Waals surface area contributed by atoms with Crippen molar-refractivity contribution in [3.8, 4) is 45.5 Å². The molecular weight excluding hydrogens is 753 g/mol. The molecule has 0 saturated heterocycles. The molecule has 0 fully saturated rings. The number of fused-ring (bicyclic) bond motifs is 5. The van der Waals surface area contributed by atoms with Crippen LogP contribution >= 0.6 is 0 Å². The highest BCUT2D eigenvalue weighted by Crippen LogP contribution is 2.55. The summed E-state index contributed by atoms with van der Waals surface area (Å²) >= 11 is 0. The average Bonchev–Trinajstić information content (AvgIpc) is 3.99. The average molecular weight is 805 g/mol. The highest BCUT2D eigenvalue weighted by atomic mass is 16.4. The van der Waals surface area contributed by atoms with Crippen molar-refractivity contribution >= 4 is 46.5 Å². The van der Waals surface area contributed by atoms with Crippen molar-refractivity contribution in [2.45, 2.75) is 83.5 Å². The van der Waals surface area contributed by atoms with Gasteiger partial charge in [0.2, 0.25) is 11.8 Å². The topological polar surface area (TPSA) is 92.5 Å². The molecule has 306 valence electrons. The number of hydrogen-bond donors (Lipinski definition) is 2. The molecule has 61 heavy (non-hydrogen) atoms. The van der Waals surface area contributed by atoms with E-state index in [0.717, 1.165) is 46.1 Å². The second-order valence-electron chi connectivity index (χ2n) is 16.5. The van der Waals surface area contributed by atoms with Crippen LogP contribution in [-0.2, 0) is 5.41 Å². The van der Waals surface area contributed by atoms with Crippen molar-refractivity contribution in [3.63, 3.8) is 0 Å². The van der Waals surface area contributed by atoms with E-state index in [-0.39, 0.29) is 16.9 Å². The van der Waals surface area contributed by atoms with Crippen molar-refractivity contribution in [1.29, 1.82) is 0 Å². The Morgan fingerprint density at radius 2 is 0.869 bits per heavy atom.